The Kier molecular flexibility index (Phi) is 2.62. The molecule has 2 unspecified atom stereocenters. The molecule has 4 aliphatic rings. The molecule has 0 aliphatic heterocycles. The summed E-state index contributed by atoms with van der Waals surface area (Å²) in [6.45, 7) is 2.23. The van der Waals surface area contributed by atoms with Crippen molar-refractivity contribution in [1.82, 2.24) is 0 Å². The molecule has 1 saturated carbocycles. The molecule has 0 radical (unpaired) electrons. The van der Waals surface area contributed by atoms with E-state index in [-0.39, 0.29) is 11.5 Å². The van der Waals surface area contributed by atoms with E-state index in [2.05, 4.69) is 19.1 Å². The minimum atomic E-state index is -0.180. The van der Waals surface area contributed by atoms with Gasteiger partial charge in [-0.15, -0.1) is 0 Å². The van der Waals surface area contributed by atoms with Gasteiger partial charge in [0.2, 0.25) is 0 Å². The number of ketones is 1. The third-order valence-corrected chi connectivity index (χ3v) is 6.19. The van der Waals surface area contributed by atoms with Crippen molar-refractivity contribution in [2.45, 2.75) is 51.6 Å². The number of allylic oxidation sites excluding steroid dienone is 5. The Morgan fingerprint density at radius 1 is 1.20 bits per heavy atom. The summed E-state index contributed by atoms with van der Waals surface area (Å²) in [5.74, 6) is 1.48. The molecule has 0 saturated heterocycles. The number of aliphatic hydroxyl groups is 1. The van der Waals surface area contributed by atoms with Crippen LogP contribution in [0.15, 0.2) is 34.9 Å². The fraction of sp³-hybridized carbons (Fsp3) is 0.611. The number of carbonyl (C=O) groups excluding carboxylic acids is 1. The summed E-state index contributed by atoms with van der Waals surface area (Å²) in [6, 6.07) is 0. The van der Waals surface area contributed by atoms with Crippen molar-refractivity contribution in [2.24, 2.45) is 17.3 Å². The van der Waals surface area contributed by atoms with Crippen molar-refractivity contribution in [3.8, 4) is 0 Å². The molecule has 0 heterocycles. The fourth-order valence-corrected chi connectivity index (χ4v) is 4.99. The van der Waals surface area contributed by atoms with Crippen LogP contribution in [0.2, 0.25) is 0 Å². The SMILES string of the molecule is C[C@]12C=CC3=C4CCC(=O)C=C4CCC3[C@@H]1CCC2O. The molecule has 0 aromatic heterocycles. The summed E-state index contributed by atoms with van der Waals surface area (Å²) >= 11 is 0. The van der Waals surface area contributed by atoms with E-state index < -0.39 is 0 Å². The zero-order valence-electron chi connectivity index (χ0n) is 12.1. The smallest absolute Gasteiger partial charge is 0.156 e. The molecular formula is C18H22O2. The quantitative estimate of drug-likeness (QED) is 0.733. The average molecular weight is 270 g/mol. The first-order chi connectivity index (χ1) is 9.59. The van der Waals surface area contributed by atoms with E-state index in [1.807, 2.05) is 6.08 Å². The Balaban J connectivity index is 1.82. The highest BCUT2D eigenvalue weighted by Gasteiger charge is 2.51. The summed E-state index contributed by atoms with van der Waals surface area (Å²) in [6.07, 6.45) is 12.1. The third kappa shape index (κ3) is 1.57. The van der Waals surface area contributed by atoms with Crippen LogP contribution in [-0.4, -0.2) is 17.0 Å². The molecule has 2 heteroatoms. The van der Waals surface area contributed by atoms with Gasteiger partial charge in [0.05, 0.1) is 6.10 Å². The predicted molar refractivity (Wildman–Crippen MR) is 78.1 cm³/mol. The number of aliphatic hydroxyl groups excluding tert-OH is 1. The lowest BCUT2D eigenvalue weighted by atomic mass is 9.60. The predicted octanol–water partition coefficient (Wildman–Crippen LogP) is 3.33. The second kappa shape index (κ2) is 4.17. The molecule has 20 heavy (non-hydrogen) atoms. The first kappa shape index (κ1) is 12.6. The maximum atomic E-state index is 11.6. The van der Waals surface area contributed by atoms with Crippen molar-refractivity contribution in [3.63, 3.8) is 0 Å². The van der Waals surface area contributed by atoms with Gasteiger partial charge in [-0.25, -0.2) is 0 Å². The molecule has 4 rings (SSSR count). The van der Waals surface area contributed by atoms with E-state index in [9.17, 15) is 9.90 Å². The van der Waals surface area contributed by atoms with Gasteiger partial charge in [0.1, 0.15) is 0 Å². The molecule has 4 atom stereocenters. The molecular weight excluding hydrogens is 248 g/mol. The topological polar surface area (TPSA) is 37.3 Å². The van der Waals surface area contributed by atoms with Gasteiger partial charge < -0.3 is 5.11 Å². The lowest BCUT2D eigenvalue weighted by molar-refractivity contribution is -0.114. The molecule has 106 valence electrons. The number of fused-ring (bicyclic) bond motifs is 4. The summed E-state index contributed by atoms with van der Waals surface area (Å²) in [4.78, 5) is 11.6. The van der Waals surface area contributed by atoms with Gasteiger partial charge in [0.15, 0.2) is 5.78 Å². The Labute approximate surface area is 120 Å². The molecule has 4 aliphatic carbocycles. The van der Waals surface area contributed by atoms with E-state index in [1.165, 1.54) is 16.7 Å². The van der Waals surface area contributed by atoms with Crippen LogP contribution in [0.1, 0.15) is 45.4 Å². The summed E-state index contributed by atoms with van der Waals surface area (Å²) in [5.41, 5.74) is 4.19. The summed E-state index contributed by atoms with van der Waals surface area (Å²) in [7, 11) is 0. The third-order valence-electron chi connectivity index (χ3n) is 6.19. The number of hydrogen-bond donors (Lipinski definition) is 1. The lowest BCUT2D eigenvalue weighted by Crippen LogP contribution is -2.39. The van der Waals surface area contributed by atoms with Crippen molar-refractivity contribution in [3.05, 3.63) is 34.9 Å². The number of hydrogen-bond acceptors (Lipinski definition) is 2. The van der Waals surface area contributed by atoms with E-state index in [1.54, 1.807) is 0 Å². The first-order valence-corrected chi connectivity index (χ1v) is 7.94. The highest BCUT2D eigenvalue weighted by molar-refractivity contribution is 5.93. The van der Waals surface area contributed by atoms with Crippen LogP contribution < -0.4 is 0 Å². The van der Waals surface area contributed by atoms with Crippen molar-refractivity contribution < 1.29 is 9.90 Å². The highest BCUT2D eigenvalue weighted by Crippen LogP contribution is 2.57. The van der Waals surface area contributed by atoms with E-state index in [4.69, 9.17) is 0 Å². The second-order valence-electron chi connectivity index (χ2n) is 7.11. The molecule has 1 fully saturated rings. The van der Waals surface area contributed by atoms with Gasteiger partial charge in [-0.3, -0.25) is 4.79 Å². The molecule has 0 bridgehead atoms. The standard InChI is InChI=1S/C18H22O2/c1-18-9-8-14-13-5-3-12(19)10-11(13)2-4-15(14)16(18)6-7-17(18)20/h8-10,15-17,20H,2-7H2,1H3/t15?,16-,17?,18-/m0/s1. The van der Waals surface area contributed by atoms with Gasteiger partial charge in [-0.2, -0.15) is 0 Å². The molecule has 0 aromatic rings. The fourth-order valence-electron chi connectivity index (χ4n) is 4.99. The normalized spacial score (nSPS) is 43.0. The zero-order valence-corrected chi connectivity index (χ0v) is 12.1. The maximum absolute atomic E-state index is 11.6. The largest absolute Gasteiger partial charge is 0.392 e. The number of carbonyl (C=O) groups is 1. The van der Waals surface area contributed by atoms with E-state index in [0.717, 1.165) is 32.1 Å². The van der Waals surface area contributed by atoms with Crippen LogP contribution in [0.4, 0.5) is 0 Å². The second-order valence-corrected chi connectivity index (χ2v) is 7.11. The zero-order chi connectivity index (χ0) is 13.9. The number of rotatable bonds is 0. The van der Waals surface area contributed by atoms with Crippen LogP contribution in [0, 0.1) is 17.3 Å². The summed E-state index contributed by atoms with van der Waals surface area (Å²) < 4.78 is 0. The minimum Gasteiger partial charge on any atom is -0.392 e. The molecule has 0 spiro atoms. The molecule has 2 nitrogen and oxygen atoms in total. The van der Waals surface area contributed by atoms with Crippen molar-refractivity contribution in [2.75, 3.05) is 0 Å². The van der Waals surface area contributed by atoms with E-state index in [0.29, 0.717) is 24.0 Å². The van der Waals surface area contributed by atoms with Gasteiger partial charge >= 0.3 is 0 Å². The Hall–Kier alpha value is -1.15. The summed E-state index contributed by atoms with van der Waals surface area (Å²) in [5, 5.41) is 10.3. The minimum absolute atomic E-state index is 0.0274. The van der Waals surface area contributed by atoms with Crippen molar-refractivity contribution >= 4 is 5.78 Å². The monoisotopic (exact) mass is 270 g/mol. The van der Waals surface area contributed by atoms with Gasteiger partial charge in [-0.05, 0) is 66.7 Å². The Morgan fingerprint density at radius 2 is 2.05 bits per heavy atom. The average Bonchev–Trinajstić information content (AvgIpc) is 2.74. The van der Waals surface area contributed by atoms with Gasteiger partial charge in [0.25, 0.3) is 0 Å². The molecule has 0 aromatic carbocycles. The molecule has 0 amide bonds. The maximum Gasteiger partial charge on any atom is 0.156 e. The molecule has 1 N–H and O–H groups in total. The van der Waals surface area contributed by atoms with E-state index >= 15 is 0 Å². The van der Waals surface area contributed by atoms with Crippen LogP contribution in [0.5, 0.6) is 0 Å². The van der Waals surface area contributed by atoms with Crippen LogP contribution >= 0.6 is 0 Å². The van der Waals surface area contributed by atoms with Crippen LogP contribution in [0.3, 0.4) is 0 Å². The Bertz CT molecular complexity index is 566. The van der Waals surface area contributed by atoms with Gasteiger partial charge in [-0.1, -0.05) is 19.1 Å². The van der Waals surface area contributed by atoms with Crippen molar-refractivity contribution in [1.29, 1.82) is 0 Å². The van der Waals surface area contributed by atoms with Gasteiger partial charge in [0, 0.05) is 11.8 Å². The first-order valence-electron chi connectivity index (χ1n) is 7.94. The highest BCUT2D eigenvalue weighted by atomic mass is 16.3. The Morgan fingerprint density at radius 3 is 2.90 bits per heavy atom. The lowest BCUT2D eigenvalue weighted by Gasteiger charge is -2.44. The van der Waals surface area contributed by atoms with Crippen LogP contribution in [0.25, 0.3) is 0 Å². The van der Waals surface area contributed by atoms with Crippen LogP contribution in [-0.2, 0) is 4.79 Å².